The second kappa shape index (κ2) is 11.6. The van der Waals surface area contributed by atoms with Gasteiger partial charge in [0.1, 0.15) is 11.8 Å². The van der Waals surface area contributed by atoms with E-state index in [0.29, 0.717) is 39.4 Å². The van der Waals surface area contributed by atoms with E-state index in [9.17, 15) is 9.59 Å². The van der Waals surface area contributed by atoms with Crippen molar-refractivity contribution in [2.45, 2.75) is 39.7 Å². The van der Waals surface area contributed by atoms with Gasteiger partial charge in [0.25, 0.3) is 11.5 Å². The summed E-state index contributed by atoms with van der Waals surface area (Å²) in [5.74, 6) is 0.512. The molecule has 0 spiro atoms. The predicted molar refractivity (Wildman–Crippen MR) is 170 cm³/mol. The maximum atomic E-state index is 14.3. The average molecular weight is 581 g/mol. The molecule has 216 valence electrons. The summed E-state index contributed by atoms with van der Waals surface area (Å²) >= 11 is 1.36. The number of hydrogen-bond acceptors (Lipinski definition) is 6. The third kappa shape index (κ3) is 4.83. The molecule has 42 heavy (non-hydrogen) atoms. The van der Waals surface area contributed by atoms with E-state index in [4.69, 9.17) is 9.73 Å². The van der Waals surface area contributed by atoms with E-state index >= 15 is 0 Å². The summed E-state index contributed by atoms with van der Waals surface area (Å²) in [6.07, 6.45) is 4.38. The van der Waals surface area contributed by atoms with Gasteiger partial charge in [-0.05, 0) is 74.2 Å². The number of anilines is 1. The molecule has 1 saturated heterocycles. The molecule has 1 atom stereocenters. The summed E-state index contributed by atoms with van der Waals surface area (Å²) in [5.41, 5.74) is 3.92. The van der Waals surface area contributed by atoms with Crippen molar-refractivity contribution in [3.8, 4) is 5.75 Å². The number of aromatic nitrogens is 1. The van der Waals surface area contributed by atoms with Crippen LogP contribution < -0.4 is 24.5 Å². The number of benzene rings is 3. The first kappa shape index (κ1) is 28.0. The topological polar surface area (TPSA) is 67.1 Å². The molecule has 7 nitrogen and oxygen atoms in total. The molecule has 2 aliphatic rings. The van der Waals surface area contributed by atoms with Crippen LogP contribution in [0.15, 0.2) is 81.7 Å². The van der Waals surface area contributed by atoms with Crippen molar-refractivity contribution in [3.05, 3.63) is 103 Å². The molecule has 0 saturated carbocycles. The molecular formula is C34H36N4O3S. The monoisotopic (exact) mass is 580 g/mol. The predicted octanol–water partition coefficient (Wildman–Crippen LogP) is 4.87. The highest BCUT2D eigenvalue weighted by Crippen LogP contribution is 2.40. The van der Waals surface area contributed by atoms with Gasteiger partial charge in [-0.2, -0.15) is 0 Å². The molecule has 0 aliphatic carbocycles. The number of carbonyl (C=O) groups excluding carboxylic acids is 1. The Morgan fingerprint density at radius 1 is 1.05 bits per heavy atom. The lowest BCUT2D eigenvalue weighted by Crippen LogP contribution is -2.43. The van der Waals surface area contributed by atoms with Crippen LogP contribution in [-0.2, 0) is 4.79 Å². The summed E-state index contributed by atoms with van der Waals surface area (Å²) in [5, 5.41) is 1.95. The number of methoxy groups -OCH3 is 1. The van der Waals surface area contributed by atoms with Crippen LogP contribution in [0.5, 0.6) is 5.75 Å². The standard InChI is InChI=1S/C34H36N4O3S/c1-5-36(6-2)33(40)29-22(3)35-34-38(31(29)30-26-12-8-7-11-24(26)15-18-27(30)41-4)32(39)28(42-34)21-23-13-16-25(17-14-23)37-19-9-10-20-37/h7-8,11-18,21,31H,5-6,9-10,19-20H2,1-4H3/b28-21-/t31-/m1/s1. The Labute approximate surface area is 249 Å². The summed E-state index contributed by atoms with van der Waals surface area (Å²) in [7, 11) is 1.63. The summed E-state index contributed by atoms with van der Waals surface area (Å²) in [4.78, 5) is 38.0. The zero-order chi connectivity index (χ0) is 29.4. The molecule has 6 rings (SSSR count). The minimum atomic E-state index is -0.685. The first-order chi connectivity index (χ1) is 20.4. The van der Waals surface area contributed by atoms with Crippen LogP contribution in [0.25, 0.3) is 16.8 Å². The maximum absolute atomic E-state index is 14.3. The van der Waals surface area contributed by atoms with Crippen LogP contribution in [0.4, 0.5) is 5.69 Å². The van der Waals surface area contributed by atoms with Gasteiger partial charge in [0, 0.05) is 37.4 Å². The number of carbonyl (C=O) groups is 1. The number of rotatable bonds is 7. The number of allylic oxidation sites excluding steroid dienone is 1. The molecule has 8 heteroatoms. The molecule has 1 aromatic heterocycles. The minimum Gasteiger partial charge on any atom is -0.496 e. The molecule has 3 heterocycles. The van der Waals surface area contributed by atoms with Gasteiger partial charge in [-0.15, -0.1) is 0 Å². The maximum Gasteiger partial charge on any atom is 0.271 e. The molecule has 0 unspecified atom stereocenters. The van der Waals surface area contributed by atoms with Crippen molar-refractivity contribution in [2.75, 3.05) is 38.2 Å². The van der Waals surface area contributed by atoms with Crippen LogP contribution in [-0.4, -0.2) is 48.7 Å². The third-order valence-corrected chi connectivity index (χ3v) is 9.37. The number of likely N-dealkylation sites (N-methyl/N-ethyl adjacent to an activating group) is 1. The first-order valence-corrected chi connectivity index (χ1v) is 15.5. The van der Waals surface area contributed by atoms with E-state index in [0.717, 1.165) is 35.0 Å². The Hall–Kier alpha value is -4.17. The van der Waals surface area contributed by atoms with E-state index in [2.05, 4.69) is 29.2 Å². The Balaban J connectivity index is 1.56. The normalized spacial score (nSPS) is 17.0. The van der Waals surface area contributed by atoms with E-state index in [1.165, 1.54) is 29.9 Å². The molecule has 0 radical (unpaired) electrons. The van der Waals surface area contributed by atoms with Gasteiger partial charge in [0.2, 0.25) is 0 Å². The molecule has 0 bridgehead atoms. The molecule has 4 aromatic rings. The number of amides is 1. The molecule has 1 amide bonds. The Morgan fingerprint density at radius 2 is 1.76 bits per heavy atom. The van der Waals surface area contributed by atoms with Crippen molar-refractivity contribution in [3.63, 3.8) is 0 Å². The second-order valence-corrected chi connectivity index (χ2v) is 11.8. The highest BCUT2D eigenvalue weighted by molar-refractivity contribution is 7.07. The van der Waals surface area contributed by atoms with Gasteiger partial charge in [-0.1, -0.05) is 53.8 Å². The van der Waals surface area contributed by atoms with Gasteiger partial charge >= 0.3 is 0 Å². The summed E-state index contributed by atoms with van der Waals surface area (Å²) in [6, 6.07) is 19.7. The zero-order valence-electron chi connectivity index (χ0n) is 24.6. The number of thiazole rings is 1. The fraction of sp³-hybridized carbons (Fsp3) is 0.324. The molecule has 1 fully saturated rings. The SMILES string of the molecule is CCN(CC)C(=O)C1=C(C)N=c2s/c(=C\c3ccc(N4CCCC4)cc3)c(=O)n2[C@H]1c1c(OC)ccc2ccccc12. The van der Waals surface area contributed by atoms with Gasteiger partial charge in [0.15, 0.2) is 4.80 Å². The Morgan fingerprint density at radius 3 is 2.45 bits per heavy atom. The van der Waals surface area contributed by atoms with E-state index in [-0.39, 0.29) is 11.5 Å². The van der Waals surface area contributed by atoms with E-state index in [1.807, 2.05) is 63.2 Å². The lowest BCUT2D eigenvalue weighted by atomic mass is 9.90. The van der Waals surface area contributed by atoms with Crippen LogP contribution >= 0.6 is 11.3 Å². The Kier molecular flexibility index (Phi) is 7.73. The van der Waals surface area contributed by atoms with Crippen molar-refractivity contribution >= 4 is 39.8 Å². The van der Waals surface area contributed by atoms with Crippen molar-refractivity contribution in [2.24, 2.45) is 4.99 Å². The number of hydrogen-bond donors (Lipinski definition) is 0. The fourth-order valence-corrected chi connectivity index (χ4v) is 7.24. The van der Waals surface area contributed by atoms with Crippen LogP contribution in [0.2, 0.25) is 0 Å². The van der Waals surface area contributed by atoms with Crippen molar-refractivity contribution < 1.29 is 9.53 Å². The Bertz CT molecular complexity index is 1860. The first-order valence-electron chi connectivity index (χ1n) is 14.7. The third-order valence-electron chi connectivity index (χ3n) is 8.39. The number of fused-ring (bicyclic) bond motifs is 2. The van der Waals surface area contributed by atoms with Crippen molar-refractivity contribution in [1.29, 1.82) is 0 Å². The fourth-order valence-electron chi connectivity index (χ4n) is 6.19. The highest BCUT2D eigenvalue weighted by Gasteiger charge is 2.36. The van der Waals surface area contributed by atoms with Gasteiger partial charge in [0.05, 0.1) is 22.9 Å². The van der Waals surface area contributed by atoms with Crippen LogP contribution in [0.1, 0.15) is 50.8 Å². The summed E-state index contributed by atoms with van der Waals surface area (Å²) in [6.45, 7) is 9.10. The lowest BCUT2D eigenvalue weighted by molar-refractivity contribution is -0.127. The molecule has 3 aromatic carbocycles. The average Bonchev–Trinajstić information content (AvgIpc) is 3.65. The zero-order valence-corrected chi connectivity index (χ0v) is 25.4. The van der Waals surface area contributed by atoms with Gasteiger partial charge < -0.3 is 14.5 Å². The van der Waals surface area contributed by atoms with Gasteiger partial charge in [-0.25, -0.2) is 4.99 Å². The lowest BCUT2D eigenvalue weighted by Gasteiger charge is -2.30. The van der Waals surface area contributed by atoms with Crippen LogP contribution in [0, 0.1) is 0 Å². The van der Waals surface area contributed by atoms with E-state index < -0.39 is 6.04 Å². The quantitative estimate of drug-likeness (QED) is 0.313. The van der Waals surface area contributed by atoms with Crippen molar-refractivity contribution in [1.82, 2.24) is 9.47 Å². The van der Waals surface area contributed by atoms with E-state index in [1.54, 1.807) is 16.6 Å². The molecule has 0 N–H and O–H groups in total. The second-order valence-electron chi connectivity index (χ2n) is 10.7. The summed E-state index contributed by atoms with van der Waals surface area (Å²) < 4.78 is 8.17. The highest BCUT2D eigenvalue weighted by atomic mass is 32.1. The van der Waals surface area contributed by atoms with Gasteiger partial charge in [-0.3, -0.25) is 14.2 Å². The number of ether oxygens (including phenoxy) is 1. The number of nitrogens with zero attached hydrogens (tertiary/aromatic N) is 4. The largest absolute Gasteiger partial charge is 0.496 e. The minimum absolute atomic E-state index is 0.118. The van der Waals surface area contributed by atoms with Crippen LogP contribution in [0.3, 0.4) is 0 Å². The molecular weight excluding hydrogens is 544 g/mol. The smallest absolute Gasteiger partial charge is 0.271 e. The molecule has 2 aliphatic heterocycles.